The molecule has 184 valence electrons. The van der Waals surface area contributed by atoms with Crippen molar-refractivity contribution < 1.29 is 14.6 Å². The van der Waals surface area contributed by atoms with Crippen molar-refractivity contribution in [3.8, 4) is 11.8 Å². The standard InChI is InChI=1S/C25H24ClN7O3/c1-3-23(35)29-22-11-18(36-2)5-7-21(22)30-24-19(26)13-28-25(32-24)31-20-6-4-16(10-15(20)12-27)33-9-8-17(34)14-33/h3-7,10-11,13,17,34H,1,8-9,14H2,2H3,(H,29,35)(H2,28,30,31,32)/t17-/m0/s1. The number of nitrogens with one attached hydrogen (secondary N) is 3. The zero-order valence-corrected chi connectivity index (χ0v) is 20.2. The smallest absolute Gasteiger partial charge is 0.247 e. The first-order valence-electron chi connectivity index (χ1n) is 11.1. The molecule has 0 saturated carbocycles. The molecule has 11 heteroatoms. The van der Waals surface area contributed by atoms with Crippen molar-refractivity contribution >= 4 is 52.0 Å². The summed E-state index contributed by atoms with van der Waals surface area (Å²) in [6.45, 7) is 4.74. The third-order valence-electron chi connectivity index (χ3n) is 5.57. The van der Waals surface area contributed by atoms with E-state index in [0.717, 1.165) is 18.3 Å². The molecular weight excluding hydrogens is 482 g/mol. The van der Waals surface area contributed by atoms with Crippen LogP contribution in [-0.4, -0.2) is 47.3 Å². The van der Waals surface area contributed by atoms with Gasteiger partial charge in [0.1, 0.15) is 16.8 Å². The maximum absolute atomic E-state index is 11.9. The lowest BCUT2D eigenvalue weighted by atomic mass is 10.1. The van der Waals surface area contributed by atoms with Crippen molar-refractivity contribution in [1.82, 2.24) is 9.97 Å². The predicted octanol–water partition coefficient (Wildman–Crippen LogP) is 4.19. The predicted molar refractivity (Wildman–Crippen MR) is 139 cm³/mol. The van der Waals surface area contributed by atoms with Crippen LogP contribution in [0.1, 0.15) is 12.0 Å². The van der Waals surface area contributed by atoms with Gasteiger partial charge in [-0.3, -0.25) is 4.79 Å². The van der Waals surface area contributed by atoms with Gasteiger partial charge in [0.2, 0.25) is 11.9 Å². The number of nitrogens with zero attached hydrogens (tertiary/aromatic N) is 4. The van der Waals surface area contributed by atoms with Gasteiger partial charge in [-0.05, 0) is 42.8 Å². The van der Waals surface area contributed by atoms with Crippen LogP contribution in [0.25, 0.3) is 0 Å². The van der Waals surface area contributed by atoms with Gasteiger partial charge in [-0.2, -0.15) is 10.2 Å². The lowest BCUT2D eigenvalue weighted by molar-refractivity contribution is -0.111. The number of amides is 1. The fraction of sp³-hybridized carbons (Fsp3) is 0.200. The zero-order valence-electron chi connectivity index (χ0n) is 19.5. The van der Waals surface area contributed by atoms with Crippen molar-refractivity contribution in [3.63, 3.8) is 0 Å². The van der Waals surface area contributed by atoms with Crippen LogP contribution in [0.5, 0.6) is 5.75 Å². The summed E-state index contributed by atoms with van der Waals surface area (Å²) in [6.07, 6.45) is 2.92. The van der Waals surface area contributed by atoms with Crippen LogP contribution in [0.4, 0.5) is 34.5 Å². The van der Waals surface area contributed by atoms with E-state index in [1.54, 1.807) is 30.3 Å². The first-order chi connectivity index (χ1) is 17.4. The summed E-state index contributed by atoms with van der Waals surface area (Å²) in [5.74, 6) is 0.660. The van der Waals surface area contributed by atoms with E-state index in [1.807, 2.05) is 11.0 Å². The maximum atomic E-state index is 11.9. The number of aliphatic hydroxyl groups excluding tert-OH is 1. The molecule has 4 N–H and O–H groups in total. The average molecular weight is 506 g/mol. The Morgan fingerprint density at radius 2 is 2.08 bits per heavy atom. The second-order valence-electron chi connectivity index (χ2n) is 7.98. The molecule has 1 saturated heterocycles. The first-order valence-corrected chi connectivity index (χ1v) is 11.4. The molecule has 2 heterocycles. The normalized spacial score (nSPS) is 14.6. The molecule has 1 fully saturated rings. The Morgan fingerprint density at radius 3 is 2.78 bits per heavy atom. The molecule has 1 amide bonds. The molecule has 4 rings (SSSR count). The number of halogens is 1. The fourth-order valence-corrected chi connectivity index (χ4v) is 3.85. The summed E-state index contributed by atoms with van der Waals surface area (Å²) >= 11 is 6.34. The van der Waals surface area contributed by atoms with Gasteiger partial charge in [0.15, 0.2) is 5.82 Å². The quantitative estimate of drug-likeness (QED) is 0.332. The van der Waals surface area contributed by atoms with Gasteiger partial charge < -0.3 is 30.7 Å². The fourth-order valence-electron chi connectivity index (χ4n) is 3.72. The van der Waals surface area contributed by atoms with Crippen LogP contribution in [0, 0.1) is 11.3 Å². The third-order valence-corrected chi connectivity index (χ3v) is 5.84. The number of hydrogen-bond donors (Lipinski definition) is 4. The van der Waals surface area contributed by atoms with Gasteiger partial charge in [0.05, 0.1) is 42.0 Å². The van der Waals surface area contributed by atoms with E-state index in [2.05, 4.69) is 38.6 Å². The van der Waals surface area contributed by atoms with Gasteiger partial charge in [0, 0.05) is 24.8 Å². The van der Waals surface area contributed by atoms with Crippen molar-refractivity contribution in [2.24, 2.45) is 0 Å². The van der Waals surface area contributed by atoms with E-state index in [9.17, 15) is 15.2 Å². The Balaban J connectivity index is 1.58. The van der Waals surface area contributed by atoms with Gasteiger partial charge in [-0.15, -0.1) is 0 Å². The number of nitriles is 1. The molecule has 0 spiro atoms. The number of hydrogen-bond acceptors (Lipinski definition) is 9. The molecule has 1 aliphatic heterocycles. The number of aromatic nitrogens is 2. The highest BCUT2D eigenvalue weighted by molar-refractivity contribution is 6.33. The molecule has 0 aliphatic carbocycles. The Bertz CT molecular complexity index is 1340. The number of rotatable bonds is 8. The van der Waals surface area contributed by atoms with Crippen LogP contribution in [0.15, 0.2) is 55.3 Å². The molecule has 1 aliphatic rings. The lowest BCUT2D eigenvalue weighted by Gasteiger charge is -2.19. The Hall–Kier alpha value is -4.33. The molecule has 2 aromatic carbocycles. The highest BCUT2D eigenvalue weighted by atomic mass is 35.5. The van der Waals surface area contributed by atoms with Gasteiger partial charge >= 0.3 is 0 Å². The Kier molecular flexibility index (Phi) is 7.53. The minimum atomic E-state index is -0.390. The van der Waals surface area contributed by atoms with E-state index < -0.39 is 5.91 Å². The van der Waals surface area contributed by atoms with Crippen LogP contribution < -0.4 is 25.6 Å². The van der Waals surface area contributed by atoms with Crippen LogP contribution in [0.3, 0.4) is 0 Å². The highest BCUT2D eigenvalue weighted by Crippen LogP contribution is 2.33. The summed E-state index contributed by atoms with van der Waals surface area (Å²) in [5.41, 5.74) is 2.76. The van der Waals surface area contributed by atoms with Crippen LogP contribution in [-0.2, 0) is 4.79 Å². The average Bonchev–Trinajstić information content (AvgIpc) is 3.33. The number of carbonyl (C=O) groups excluding carboxylic acids is 1. The Morgan fingerprint density at radius 1 is 1.28 bits per heavy atom. The van der Waals surface area contributed by atoms with Crippen molar-refractivity contribution in [3.05, 3.63) is 65.8 Å². The minimum Gasteiger partial charge on any atom is -0.497 e. The molecule has 0 bridgehead atoms. The third kappa shape index (κ3) is 5.66. The zero-order chi connectivity index (χ0) is 25.7. The SMILES string of the molecule is C=CC(=O)Nc1cc(OC)ccc1Nc1nc(Nc2ccc(N3CC[C@H](O)C3)cc2C#N)ncc1Cl. The Labute approximate surface area is 213 Å². The van der Waals surface area contributed by atoms with E-state index in [4.69, 9.17) is 16.3 Å². The highest BCUT2D eigenvalue weighted by Gasteiger charge is 2.21. The molecule has 0 radical (unpaired) electrons. The summed E-state index contributed by atoms with van der Waals surface area (Å²) in [5, 5.41) is 28.6. The summed E-state index contributed by atoms with van der Waals surface area (Å²) in [4.78, 5) is 22.6. The first kappa shape index (κ1) is 24.8. The van der Waals surface area contributed by atoms with Gasteiger partial charge in [-0.25, -0.2) is 4.98 Å². The molecule has 3 aromatic rings. The van der Waals surface area contributed by atoms with Crippen LogP contribution in [0.2, 0.25) is 5.02 Å². The van der Waals surface area contributed by atoms with Crippen molar-refractivity contribution in [1.29, 1.82) is 5.26 Å². The summed E-state index contributed by atoms with van der Waals surface area (Å²) < 4.78 is 5.24. The molecule has 36 heavy (non-hydrogen) atoms. The van der Waals surface area contributed by atoms with Crippen molar-refractivity contribution in [2.45, 2.75) is 12.5 Å². The van der Waals surface area contributed by atoms with E-state index in [0.29, 0.717) is 41.3 Å². The van der Waals surface area contributed by atoms with E-state index in [1.165, 1.54) is 13.3 Å². The van der Waals surface area contributed by atoms with E-state index >= 15 is 0 Å². The number of methoxy groups -OCH3 is 1. The second-order valence-corrected chi connectivity index (χ2v) is 8.38. The lowest BCUT2D eigenvalue weighted by Crippen LogP contribution is -2.21. The van der Waals surface area contributed by atoms with E-state index in [-0.39, 0.29) is 22.9 Å². The molecule has 10 nitrogen and oxygen atoms in total. The topological polar surface area (TPSA) is 135 Å². The van der Waals surface area contributed by atoms with Gasteiger partial charge in [0.25, 0.3) is 0 Å². The van der Waals surface area contributed by atoms with Crippen molar-refractivity contribution in [2.75, 3.05) is 41.0 Å². The number of aliphatic hydroxyl groups is 1. The number of β-amino-alcohol motifs (C(OH)–C–C–N with tert-alkyl or cyclic N) is 1. The molecule has 0 unspecified atom stereocenters. The number of carbonyl (C=O) groups is 1. The van der Waals surface area contributed by atoms with Gasteiger partial charge in [-0.1, -0.05) is 18.2 Å². The summed E-state index contributed by atoms with van der Waals surface area (Å²) in [7, 11) is 1.53. The number of benzene rings is 2. The monoisotopic (exact) mass is 505 g/mol. The molecule has 1 aromatic heterocycles. The number of anilines is 6. The number of ether oxygens (including phenoxy) is 1. The second kappa shape index (κ2) is 10.9. The maximum Gasteiger partial charge on any atom is 0.247 e. The minimum absolute atomic E-state index is 0.216. The largest absolute Gasteiger partial charge is 0.497 e. The molecular formula is C25H24ClN7O3. The van der Waals surface area contributed by atoms with Crippen LogP contribution >= 0.6 is 11.6 Å². The summed E-state index contributed by atoms with van der Waals surface area (Å²) in [6, 6.07) is 12.7. The molecule has 1 atom stereocenters.